The van der Waals surface area contributed by atoms with Gasteiger partial charge in [0.2, 0.25) is 0 Å². The molecule has 2 nitrogen and oxygen atoms in total. The monoisotopic (exact) mass is 196 g/mol. The lowest BCUT2D eigenvalue weighted by atomic mass is 10.2. The van der Waals surface area contributed by atoms with Gasteiger partial charge in [-0.2, -0.15) is 0 Å². The first-order chi connectivity index (χ1) is 6.27. The van der Waals surface area contributed by atoms with Crippen molar-refractivity contribution in [2.24, 2.45) is 5.92 Å². The largest absolute Gasteiger partial charge is 0.380 e. The van der Waals surface area contributed by atoms with E-state index in [0.717, 1.165) is 11.6 Å². The van der Waals surface area contributed by atoms with Crippen LogP contribution >= 0.6 is 11.6 Å². The van der Waals surface area contributed by atoms with Gasteiger partial charge in [-0.15, -0.1) is 0 Å². The maximum atomic E-state index is 5.92. The van der Waals surface area contributed by atoms with Crippen molar-refractivity contribution in [3.05, 3.63) is 23.5 Å². The Labute approximate surface area is 83.3 Å². The SMILES string of the molecule is CC(Nc1cccnc1Cl)C1CC1. The van der Waals surface area contributed by atoms with Gasteiger partial charge in [-0.1, -0.05) is 11.6 Å². The molecule has 0 aromatic carbocycles. The van der Waals surface area contributed by atoms with Crippen LogP contribution in [0.2, 0.25) is 5.15 Å². The molecular weight excluding hydrogens is 184 g/mol. The van der Waals surface area contributed by atoms with Crippen molar-refractivity contribution in [2.45, 2.75) is 25.8 Å². The Balaban J connectivity index is 2.03. The highest BCUT2D eigenvalue weighted by atomic mass is 35.5. The van der Waals surface area contributed by atoms with Crippen LogP contribution in [0.1, 0.15) is 19.8 Å². The molecule has 2 rings (SSSR count). The first-order valence-electron chi connectivity index (χ1n) is 4.64. The fraction of sp³-hybridized carbons (Fsp3) is 0.500. The minimum Gasteiger partial charge on any atom is -0.380 e. The highest BCUT2D eigenvalue weighted by molar-refractivity contribution is 6.31. The number of hydrogen-bond donors (Lipinski definition) is 1. The molecule has 1 aromatic heterocycles. The number of aromatic nitrogens is 1. The Morgan fingerprint density at radius 2 is 2.38 bits per heavy atom. The zero-order chi connectivity index (χ0) is 9.26. The zero-order valence-electron chi connectivity index (χ0n) is 7.63. The second kappa shape index (κ2) is 3.54. The summed E-state index contributed by atoms with van der Waals surface area (Å²) < 4.78 is 0. The van der Waals surface area contributed by atoms with Crippen LogP contribution in [0.5, 0.6) is 0 Å². The summed E-state index contributed by atoms with van der Waals surface area (Å²) >= 11 is 5.92. The van der Waals surface area contributed by atoms with E-state index in [1.807, 2.05) is 12.1 Å². The van der Waals surface area contributed by atoms with Gasteiger partial charge >= 0.3 is 0 Å². The van der Waals surface area contributed by atoms with Crippen LogP contribution in [0, 0.1) is 5.92 Å². The molecule has 70 valence electrons. The number of nitrogens with zero attached hydrogens (tertiary/aromatic N) is 1. The summed E-state index contributed by atoms with van der Waals surface area (Å²) in [7, 11) is 0. The van der Waals surface area contributed by atoms with E-state index in [4.69, 9.17) is 11.6 Å². The highest BCUT2D eigenvalue weighted by Gasteiger charge is 2.27. The molecule has 1 saturated carbocycles. The maximum absolute atomic E-state index is 5.92. The van der Waals surface area contributed by atoms with Gasteiger partial charge in [0.15, 0.2) is 5.15 Å². The molecule has 0 radical (unpaired) electrons. The summed E-state index contributed by atoms with van der Waals surface area (Å²) in [4.78, 5) is 4.01. The lowest BCUT2D eigenvalue weighted by Gasteiger charge is -2.14. The third-order valence-electron chi connectivity index (χ3n) is 2.47. The average Bonchev–Trinajstić information content (AvgIpc) is 2.91. The van der Waals surface area contributed by atoms with Gasteiger partial charge in [-0.25, -0.2) is 4.98 Å². The van der Waals surface area contributed by atoms with Crippen molar-refractivity contribution >= 4 is 17.3 Å². The van der Waals surface area contributed by atoms with Crippen molar-refractivity contribution in [1.29, 1.82) is 0 Å². The Kier molecular flexibility index (Phi) is 2.40. The molecule has 1 unspecified atom stereocenters. The van der Waals surface area contributed by atoms with Gasteiger partial charge in [0, 0.05) is 12.2 Å². The quantitative estimate of drug-likeness (QED) is 0.752. The summed E-state index contributed by atoms with van der Waals surface area (Å²) in [5.41, 5.74) is 0.948. The number of hydrogen-bond acceptors (Lipinski definition) is 2. The molecule has 1 fully saturated rings. The smallest absolute Gasteiger partial charge is 0.152 e. The third-order valence-corrected chi connectivity index (χ3v) is 2.77. The second-order valence-electron chi connectivity index (χ2n) is 3.61. The molecule has 0 spiro atoms. The molecule has 1 aliphatic rings. The summed E-state index contributed by atoms with van der Waals surface area (Å²) in [5.74, 6) is 0.830. The van der Waals surface area contributed by atoms with E-state index in [1.54, 1.807) is 6.20 Å². The zero-order valence-corrected chi connectivity index (χ0v) is 8.38. The summed E-state index contributed by atoms with van der Waals surface area (Å²) in [6, 6.07) is 4.38. The molecule has 1 heterocycles. The molecule has 1 aromatic rings. The Morgan fingerprint density at radius 3 is 3.00 bits per heavy atom. The van der Waals surface area contributed by atoms with Crippen LogP contribution in [-0.4, -0.2) is 11.0 Å². The normalized spacial score (nSPS) is 18.3. The molecule has 0 aliphatic heterocycles. The van der Waals surface area contributed by atoms with E-state index in [1.165, 1.54) is 12.8 Å². The van der Waals surface area contributed by atoms with E-state index in [9.17, 15) is 0 Å². The molecule has 1 N–H and O–H groups in total. The first-order valence-corrected chi connectivity index (χ1v) is 5.02. The first kappa shape index (κ1) is 8.82. The van der Waals surface area contributed by atoms with Crippen molar-refractivity contribution in [2.75, 3.05) is 5.32 Å². The lowest BCUT2D eigenvalue weighted by Crippen LogP contribution is -2.17. The molecule has 1 atom stereocenters. The lowest BCUT2D eigenvalue weighted by molar-refractivity contribution is 0.694. The van der Waals surface area contributed by atoms with Crippen molar-refractivity contribution in [3.63, 3.8) is 0 Å². The van der Waals surface area contributed by atoms with Crippen LogP contribution in [0.4, 0.5) is 5.69 Å². The Hall–Kier alpha value is -0.760. The van der Waals surface area contributed by atoms with Gasteiger partial charge in [0.25, 0.3) is 0 Å². The fourth-order valence-electron chi connectivity index (χ4n) is 1.45. The number of rotatable bonds is 3. The Bertz CT molecular complexity index is 297. The summed E-state index contributed by atoms with van der Waals surface area (Å²) in [6.07, 6.45) is 4.38. The Morgan fingerprint density at radius 1 is 1.62 bits per heavy atom. The average molecular weight is 197 g/mol. The number of nitrogens with one attached hydrogen (secondary N) is 1. The minimum atomic E-state index is 0.515. The fourth-order valence-corrected chi connectivity index (χ4v) is 1.63. The van der Waals surface area contributed by atoms with Gasteiger partial charge in [0.1, 0.15) is 0 Å². The molecule has 0 saturated heterocycles. The van der Waals surface area contributed by atoms with E-state index in [-0.39, 0.29) is 0 Å². The third kappa shape index (κ3) is 2.13. The van der Waals surface area contributed by atoms with Crippen molar-refractivity contribution in [1.82, 2.24) is 4.98 Å². The van der Waals surface area contributed by atoms with E-state index < -0.39 is 0 Å². The number of halogens is 1. The molecule has 0 bridgehead atoms. The van der Waals surface area contributed by atoms with Crippen molar-refractivity contribution in [3.8, 4) is 0 Å². The van der Waals surface area contributed by atoms with E-state index >= 15 is 0 Å². The van der Waals surface area contributed by atoms with Crippen molar-refractivity contribution < 1.29 is 0 Å². The van der Waals surface area contributed by atoms with E-state index in [2.05, 4.69) is 17.2 Å². The molecular formula is C10H13ClN2. The van der Waals surface area contributed by atoms with Crippen LogP contribution in [0.3, 0.4) is 0 Å². The highest BCUT2D eigenvalue weighted by Crippen LogP contribution is 2.34. The van der Waals surface area contributed by atoms with Gasteiger partial charge < -0.3 is 5.32 Å². The van der Waals surface area contributed by atoms with Gasteiger partial charge in [-0.3, -0.25) is 0 Å². The minimum absolute atomic E-state index is 0.515. The van der Waals surface area contributed by atoms with Crippen LogP contribution in [0.25, 0.3) is 0 Å². The standard InChI is InChI=1S/C10H13ClN2/c1-7(8-4-5-8)13-9-3-2-6-12-10(9)11/h2-3,6-8,13H,4-5H2,1H3. The molecule has 3 heteroatoms. The molecule has 0 amide bonds. The predicted octanol–water partition coefficient (Wildman–Crippen LogP) is 2.95. The van der Waals surface area contributed by atoms with Crippen LogP contribution in [0.15, 0.2) is 18.3 Å². The maximum Gasteiger partial charge on any atom is 0.152 e. The van der Waals surface area contributed by atoms with Gasteiger partial charge in [-0.05, 0) is 37.8 Å². The topological polar surface area (TPSA) is 24.9 Å². The molecule has 13 heavy (non-hydrogen) atoms. The second-order valence-corrected chi connectivity index (χ2v) is 3.97. The van der Waals surface area contributed by atoms with Gasteiger partial charge in [0.05, 0.1) is 5.69 Å². The number of anilines is 1. The molecule has 1 aliphatic carbocycles. The summed E-state index contributed by atoms with van der Waals surface area (Å²) in [6.45, 7) is 2.20. The van der Waals surface area contributed by atoms with E-state index in [0.29, 0.717) is 11.2 Å². The predicted molar refractivity (Wildman–Crippen MR) is 55.1 cm³/mol. The van der Waals surface area contributed by atoms with Crippen LogP contribution < -0.4 is 5.32 Å². The van der Waals surface area contributed by atoms with Crippen LogP contribution in [-0.2, 0) is 0 Å². The summed E-state index contributed by atoms with van der Waals surface area (Å²) in [5, 5.41) is 3.94. The number of pyridine rings is 1.